The van der Waals surface area contributed by atoms with E-state index in [-0.39, 0.29) is 35.9 Å². The predicted molar refractivity (Wildman–Crippen MR) is 105 cm³/mol. The van der Waals surface area contributed by atoms with Gasteiger partial charge in [0.05, 0.1) is 0 Å². The molecular formula is C21H27FN4O3. The molecule has 1 aromatic heterocycles. The summed E-state index contributed by atoms with van der Waals surface area (Å²) in [4.78, 5) is 26.8. The van der Waals surface area contributed by atoms with Gasteiger partial charge in [0.15, 0.2) is 18.2 Å². The largest absolute Gasteiger partial charge is 0.481 e. The third-order valence-corrected chi connectivity index (χ3v) is 6.07. The van der Waals surface area contributed by atoms with Gasteiger partial charge in [0.2, 0.25) is 0 Å². The highest BCUT2D eigenvalue weighted by Crippen LogP contribution is 2.33. The maximum Gasteiger partial charge on any atom is 0.345 e. The van der Waals surface area contributed by atoms with Crippen molar-refractivity contribution in [1.29, 1.82) is 0 Å². The van der Waals surface area contributed by atoms with Gasteiger partial charge in [-0.1, -0.05) is 25.0 Å². The van der Waals surface area contributed by atoms with E-state index < -0.39 is 5.82 Å². The first kappa shape index (κ1) is 19.7. The molecular weight excluding hydrogens is 375 g/mol. The predicted octanol–water partition coefficient (Wildman–Crippen LogP) is 2.62. The molecule has 0 atom stereocenters. The Kier molecular flexibility index (Phi) is 5.69. The number of likely N-dealkylation sites (tertiary alicyclic amines) is 1. The molecule has 1 aromatic carbocycles. The number of benzene rings is 1. The van der Waals surface area contributed by atoms with E-state index in [1.807, 2.05) is 4.57 Å². The number of hydrogen-bond acceptors (Lipinski definition) is 4. The fourth-order valence-electron chi connectivity index (χ4n) is 4.46. The Morgan fingerprint density at radius 3 is 2.55 bits per heavy atom. The molecule has 4 rings (SSSR count). The molecule has 1 amide bonds. The Morgan fingerprint density at radius 2 is 1.86 bits per heavy atom. The number of ether oxygens (including phenoxy) is 1. The van der Waals surface area contributed by atoms with Crippen LogP contribution in [0.2, 0.25) is 0 Å². The van der Waals surface area contributed by atoms with Gasteiger partial charge in [-0.05, 0) is 37.8 Å². The number of para-hydroxylation sites is 1. The molecule has 2 heterocycles. The van der Waals surface area contributed by atoms with Crippen molar-refractivity contribution in [3.63, 3.8) is 0 Å². The molecule has 0 unspecified atom stereocenters. The van der Waals surface area contributed by atoms with Crippen molar-refractivity contribution < 1.29 is 13.9 Å². The quantitative estimate of drug-likeness (QED) is 0.771. The van der Waals surface area contributed by atoms with Crippen molar-refractivity contribution in [3.05, 3.63) is 46.4 Å². The van der Waals surface area contributed by atoms with E-state index in [0.29, 0.717) is 13.1 Å². The maximum absolute atomic E-state index is 13.6. The summed E-state index contributed by atoms with van der Waals surface area (Å²) in [7, 11) is 1.70. The van der Waals surface area contributed by atoms with Gasteiger partial charge in [-0.15, -0.1) is 0 Å². The van der Waals surface area contributed by atoms with Gasteiger partial charge in [0.25, 0.3) is 5.91 Å². The number of halogens is 1. The van der Waals surface area contributed by atoms with Crippen molar-refractivity contribution in [1.82, 2.24) is 19.2 Å². The van der Waals surface area contributed by atoms with Crippen LogP contribution in [0.4, 0.5) is 4.39 Å². The zero-order valence-corrected chi connectivity index (χ0v) is 16.7. The van der Waals surface area contributed by atoms with E-state index in [1.165, 1.54) is 16.8 Å². The Balaban J connectivity index is 1.37. The smallest absolute Gasteiger partial charge is 0.345 e. The highest BCUT2D eigenvalue weighted by atomic mass is 19.1. The minimum absolute atomic E-state index is 0.0382. The van der Waals surface area contributed by atoms with E-state index in [9.17, 15) is 14.0 Å². The number of rotatable bonds is 5. The molecule has 1 aliphatic heterocycles. The molecule has 7 nitrogen and oxygen atoms in total. The van der Waals surface area contributed by atoms with E-state index in [0.717, 1.165) is 44.3 Å². The van der Waals surface area contributed by atoms with Gasteiger partial charge < -0.3 is 9.64 Å². The van der Waals surface area contributed by atoms with Gasteiger partial charge in [-0.2, -0.15) is 5.10 Å². The normalized spacial score (nSPS) is 18.3. The number of aryl methyl sites for hydroxylation is 1. The topological polar surface area (TPSA) is 69.4 Å². The van der Waals surface area contributed by atoms with Gasteiger partial charge >= 0.3 is 5.69 Å². The number of hydrogen-bond donors (Lipinski definition) is 0. The van der Waals surface area contributed by atoms with Crippen LogP contribution in [-0.2, 0) is 11.8 Å². The lowest BCUT2D eigenvalue weighted by Crippen LogP contribution is -2.41. The van der Waals surface area contributed by atoms with Gasteiger partial charge in [-0.3, -0.25) is 9.36 Å². The average Bonchev–Trinajstić information content (AvgIpc) is 3.36. The van der Waals surface area contributed by atoms with Gasteiger partial charge in [-0.25, -0.2) is 13.9 Å². The van der Waals surface area contributed by atoms with Crippen LogP contribution >= 0.6 is 0 Å². The molecule has 0 bridgehead atoms. The third-order valence-electron chi connectivity index (χ3n) is 6.07. The number of amides is 1. The Bertz CT molecular complexity index is 924. The van der Waals surface area contributed by atoms with Crippen LogP contribution in [0.1, 0.15) is 56.3 Å². The van der Waals surface area contributed by atoms with E-state index in [1.54, 1.807) is 24.1 Å². The van der Waals surface area contributed by atoms with Crippen LogP contribution in [-0.4, -0.2) is 44.9 Å². The molecule has 2 aromatic rings. The van der Waals surface area contributed by atoms with Crippen LogP contribution in [0.3, 0.4) is 0 Å². The van der Waals surface area contributed by atoms with Crippen LogP contribution in [0.15, 0.2) is 29.1 Å². The van der Waals surface area contributed by atoms with E-state index >= 15 is 0 Å². The van der Waals surface area contributed by atoms with Crippen LogP contribution in [0.25, 0.3) is 0 Å². The number of piperidine rings is 1. The van der Waals surface area contributed by atoms with Crippen molar-refractivity contribution >= 4 is 5.91 Å². The van der Waals surface area contributed by atoms with Crippen molar-refractivity contribution in [2.75, 3.05) is 19.7 Å². The minimum atomic E-state index is -0.473. The molecule has 0 radical (unpaired) electrons. The molecule has 2 fully saturated rings. The second kappa shape index (κ2) is 8.39. The van der Waals surface area contributed by atoms with Crippen LogP contribution in [0, 0.1) is 5.82 Å². The first-order valence-electron chi connectivity index (χ1n) is 10.3. The van der Waals surface area contributed by atoms with Crippen molar-refractivity contribution in [2.24, 2.45) is 7.05 Å². The van der Waals surface area contributed by atoms with E-state index in [4.69, 9.17) is 4.74 Å². The maximum atomic E-state index is 13.6. The molecule has 156 valence electrons. The molecule has 8 heteroatoms. The summed E-state index contributed by atoms with van der Waals surface area (Å²) in [5.74, 6) is 0.491. The zero-order chi connectivity index (χ0) is 20.4. The summed E-state index contributed by atoms with van der Waals surface area (Å²) < 4.78 is 22.3. The van der Waals surface area contributed by atoms with Crippen LogP contribution < -0.4 is 10.4 Å². The lowest BCUT2D eigenvalue weighted by Gasteiger charge is -2.32. The summed E-state index contributed by atoms with van der Waals surface area (Å²) in [6.45, 7) is 0.987. The summed E-state index contributed by atoms with van der Waals surface area (Å²) in [5, 5.41) is 4.53. The minimum Gasteiger partial charge on any atom is -0.481 e. The Morgan fingerprint density at radius 1 is 1.17 bits per heavy atom. The summed E-state index contributed by atoms with van der Waals surface area (Å²) >= 11 is 0. The molecule has 1 aliphatic carbocycles. The lowest BCUT2D eigenvalue weighted by molar-refractivity contribution is -0.134. The SMILES string of the molecule is Cn1nc(C2CCN(C(=O)COc3ccccc3F)CC2)n(C2CCCC2)c1=O. The highest BCUT2D eigenvalue weighted by Gasteiger charge is 2.31. The third kappa shape index (κ3) is 4.06. The molecule has 29 heavy (non-hydrogen) atoms. The Hall–Kier alpha value is -2.64. The standard InChI is InChI=1S/C21H27FN4O3/c1-24-21(28)26(16-6-2-3-7-16)20(23-24)15-10-12-25(13-11-15)19(27)14-29-18-9-5-4-8-17(18)22/h4-5,8-9,15-16H,2-3,6-7,10-14H2,1H3. The fraction of sp³-hybridized carbons (Fsp3) is 0.571. The second-order valence-electron chi connectivity index (χ2n) is 7.95. The average molecular weight is 402 g/mol. The highest BCUT2D eigenvalue weighted by molar-refractivity contribution is 5.77. The van der Waals surface area contributed by atoms with E-state index in [2.05, 4.69) is 5.10 Å². The number of aromatic nitrogens is 3. The lowest BCUT2D eigenvalue weighted by atomic mass is 9.95. The summed E-state index contributed by atoms with van der Waals surface area (Å²) in [5.41, 5.74) is -0.0382. The Labute approximate surface area is 169 Å². The van der Waals surface area contributed by atoms with Gasteiger partial charge in [0, 0.05) is 32.1 Å². The van der Waals surface area contributed by atoms with Crippen LogP contribution in [0.5, 0.6) is 5.75 Å². The summed E-state index contributed by atoms with van der Waals surface area (Å²) in [6.07, 6.45) is 5.89. The summed E-state index contributed by atoms with van der Waals surface area (Å²) in [6, 6.07) is 6.32. The monoisotopic (exact) mass is 402 g/mol. The second-order valence-corrected chi connectivity index (χ2v) is 7.95. The molecule has 1 saturated heterocycles. The van der Waals surface area contributed by atoms with Crippen molar-refractivity contribution in [2.45, 2.75) is 50.5 Å². The molecule has 1 saturated carbocycles. The number of nitrogens with zero attached hydrogens (tertiary/aromatic N) is 4. The first-order valence-corrected chi connectivity index (χ1v) is 10.3. The zero-order valence-electron chi connectivity index (χ0n) is 16.7. The fourth-order valence-corrected chi connectivity index (χ4v) is 4.46. The molecule has 0 N–H and O–H groups in total. The number of carbonyl (C=O) groups excluding carboxylic acids is 1. The van der Waals surface area contributed by atoms with Crippen molar-refractivity contribution in [3.8, 4) is 5.75 Å². The molecule has 2 aliphatic rings. The molecule has 0 spiro atoms. The first-order chi connectivity index (χ1) is 14.0. The number of carbonyl (C=O) groups is 1. The van der Waals surface area contributed by atoms with Gasteiger partial charge in [0.1, 0.15) is 5.82 Å².